The van der Waals surface area contributed by atoms with Gasteiger partial charge < -0.3 is 15.2 Å². The lowest BCUT2D eigenvalue weighted by Crippen LogP contribution is -2.31. The number of carbonyl (C=O) groups excluding carboxylic acids is 1. The molecule has 0 radical (unpaired) electrons. The Bertz CT molecular complexity index is 1160. The number of anilines is 1. The minimum Gasteiger partial charge on any atom is -0.336 e. The Labute approximate surface area is 164 Å². The molecule has 0 fully saturated rings. The van der Waals surface area contributed by atoms with Crippen molar-refractivity contribution in [1.82, 2.24) is 14.9 Å². The van der Waals surface area contributed by atoms with Crippen molar-refractivity contribution in [3.05, 3.63) is 71.4 Å². The summed E-state index contributed by atoms with van der Waals surface area (Å²) >= 11 is 0. The van der Waals surface area contributed by atoms with E-state index in [-0.39, 0.29) is 6.03 Å². The first-order chi connectivity index (χ1) is 13.5. The normalized spacial score (nSPS) is 11.1. The van der Waals surface area contributed by atoms with Crippen LogP contribution in [0, 0.1) is 20.8 Å². The maximum Gasteiger partial charge on any atom is 0.319 e. The van der Waals surface area contributed by atoms with Crippen LogP contribution < -0.4 is 10.6 Å². The van der Waals surface area contributed by atoms with Gasteiger partial charge in [0.25, 0.3) is 0 Å². The highest BCUT2D eigenvalue weighted by Gasteiger charge is 2.14. The zero-order chi connectivity index (χ0) is 19.7. The molecule has 0 aliphatic rings. The van der Waals surface area contributed by atoms with Crippen molar-refractivity contribution in [2.24, 2.45) is 0 Å². The summed E-state index contributed by atoms with van der Waals surface area (Å²) in [7, 11) is 0. The number of nitrogens with zero attached hydrogens (tertiary/aromatic N) is 2. The van der Waals surface area contributed by atoms with E-state index in [0.29, 0.717) is 13.1 Å². The van der Waals surface area contributed by atoms with Crippen molar-refractivity contribution in [2.75, 3.05) is 11.9 Å². The van der Waals surface area contributed by atoms with E-state index in [1.807, 2.05) is 44.2 Å². The lowest BCUT2D eigenvalue weighted by atomic mass is 10.1. The number of fused-ring (bicyclic) bond motifs is 3. The molecule has 0 saturated heterocycles. The van der Waals surface area contributed by atoms with Crippen LogP contribution in [0.3, 0.4) is 0 Å². The molecular weight excluding hydrogens is 348 g/mol. The number of amides is 2. The lowest BCUT2D eigenvalue weighted by molar-refractivity contribution is 0.252. The van der Waals surface area contributed by atoms with Crippen molar-refractivity contribution < 1.29 is 4.79 Å². The molecule has 2 aromatic carbocycles. The smallest absolute Gasteiger partial charge is 0.319 e. The van der Waals surface area contributed by atoms with Crippen LogP contribution in [0.4, 0.5) is 10.5 Å². The van der Waals surface area contributed by atoms with Gasteiger partial charge in [0.05, 0.1) is 5.52 Å². The Kier molecular flexibility index (Phi) is 4.74. The molecule has 0 spiro atoms. The van der Waals surface area contributed by atoms with Crippen LogP contribution in [-0.2, 0) is 6.54 Å². The van der Waals surface area contributed by atoms with E-state index >= 15 is 0 Å². The Morgan fingerprint density at radius 2 is 1.79 bits per heavy atom. The number of urea groups is 1. The summed E-state index contributed by atoms with van der Waals surface area (Å²) in [5.41, 5.74) is 6.28. The molecule has 4 aromatic rings. The Morgan fingerprint density at radius 1 is 1.04 bits per heavy atom. The van der Waals surface area contributed by atoms with Crippen LogP contribution in [0.25, 0.3) is 21.9 Å². The summed E-state index contributed by atoms with van der Waals surface area (Å²) in [6, 6.07) is 18.0. The third kappa shape index (κ3) is 3.43. The molecule has 2 N–H and O–H groups in total. The average Bonchev–Trinajstić information content (AvgIpc) is 2.97. The van der Waals surface area contributed by atoms with Gasteiger partial charge in [-0.15, -0.1) is 0 Å². The quantitative estimate of drug-likeness (QED) is 0.533. The summed E-state index contributed by atoms with van der Waals surface area (Å²) in [5.74, 6) is 0. The molecule has 0 aliphatic carbocycles. The molecule has 0 bridgehead atoms. The van der Waals surface area contributed by atoms with Gasteiger partial charge in [-0.05, 0) is 50.6 Å². The minimum atomic E-state index is -0.204. The number of aromatic nitrogens is 2. The fourth-order valence-corrected chi connectivity index (χ4v) is 3.70. The van der Waals surface area contributed by atoms with Crippen LogP contribution in [-0.4, -0.2) is 22.1 Å². The Morgan fingerprint density at radius 3 is 2.57 bits per heavy atom. The molecule has 142 valence electrons. The van der Waals surface area contributed by atoms with E-state index in [1.165, 1.54) is 16.3 Å². The Hall–Kier alpha value is -3.34. The minimum absolute atomic E-state index is 0.204. The number of rotatable bonds is 4. The standard InChI is InChI=1S/C23H24N4O/c1-15-8-10-18(11-9-15)26-23(28)24-12-13-27-20-7-5-4-6-19(20)21-16(2)14-17(3)25-22(21)27/h4-11,14H,12-13H2,1-3H3,(H2,24,26,28). The highest BCUT2D eigenvalue weighted by molar-refractivity contribution is 6.08. The number of benzene rings is 2. The van der Waals surface area contributed by atoms with E-state index in [4.69, 9.17) is 4.98 Å². The summed E-state index contributed by atoms with van der Waals surface area (Å²) in [6.07, 6.45) is 0. The third-order valence-electron chi connectivity index (χ3n) is 4.98. The van der Waals surface area contributed by atoms with Gasteiger partial charge in [0, 0.05) is 35.2 Å². The Balaban J connectivity index is 1.54. The second-order valence-corrected chi connectivity index (χ2v) is 7.19. The predicted octanol–water partition coefficient (Wildman–Crippen LogP) is 4.94. The highest BCUT2D eigenvalue weighted by atomic mass is 16.2. The molecule has 5 heteroatoms. The molecule has 0 unspecified atom stereocenters. The van der Waals surface area contributed by atoms with Crippen LogP contribution in [0.2, 0.25) is 0 Å². The molecule has 4 rings (SSSR count). The number of nitrogens with one attached hydrogen (secondary N) is 2. The van der Waals surface area contributed by atoms with Gasteiger partial charge in [0.2, 0.25) is 0 Å². The number of pyridine rings is 1. The van der Waals surface area contributed by atoms with E-state index < -0.39 is 0 Å². The second kappa shape index (κ2) is 7.35. The SMILES string of the molecule is Cc1ccc(NC(=O)NCCn2c3ccccc3c3c(C)cc(C)nc32)cc1. The summed E-state index contributed by atoms with van der Waals surface area (Å²) in [6.45, 7) is 7.33. The zero-order valence-corrected chi connectivity index (χ0v) is 16.4. The van der Waals surface area contributed by atoms with Crippen LogP contribution >= 0.6 is 0 Å². The summed E-state index contributed by atoms with van der Waals surface area (Å²) in [4.78, 5) is 17.0. The largest absolute Gasteiger partial charge is 0.336 e. The molecule has 2 heterocycles. The van der Waals surface area contributed by atoms with Crippen molar-refractivity contribution in [1.29, 1.82) is 0 Å². The van der Waals surface area contributed by atoms with Crippen molar-refractivity contribution >= 4 is 33.7 Å². The molecule has 2 amide bonds. The molecule has 2 aromatic heterocycles. The van der Waals surface area contributed by atoms with Gasteiger partial charge in [-0.3, -0.25) is 0 Å². The third-order valence-corrected chi connectivity index (χ3v) is 4.98. The highest BCUT2D eigenvalue weighted by Crippen LogP contribution is 2.30. The number of para-hydroxylation sites is 1. The maximum absolute atomic E-state index is 12.2. The predicted molar refractivity (Wildman–Crippen MR) is 115 cm³/mol. The number of aryl methyl sites for hydroxylation is 3. The van der Waals surface area contributed by atoms with Gasteiger partial charge in [0.15, 0.2) is 0 Å². The van der Waals surface area contributed by atoms with Crippen molar-refractivity contribution in [2.45, 2.75) is 27.3 Å². The van der Waals surface area contributed by atoms with Crippen LogP contribution in [0.15, 0.2) is 54.6 Å². The maximum atomic E-state index is 12.2. The van der Waals surface area contributed by atoms with E-state index in [9.17, 15) is 4.79 Å². The van der Waals surface area contributed by atoms with Gasteiger partial charge in [-0.1, -0.05) is 35.9 Å². The van der Waals surface area contributed by atoms with Crippen LogP contribution in [0.5, 0.6) is 0 Å². The zero-order valence-electron chi connectivity index (χ0n) is 16.4. The van der Waals surface area contributed by atoms with Gasteiger partial charge in [0.1, 0.15) is 5.65 Å². The van der Waals surface area contributed by atoms with E-state index in [1.54, 1.807) is 0 Å². The monoisotopic (exact) mass is 372 g/mol. The van der Waals surface area contributed by atoms with Gasteiger partial charge >= 0.3 is 6.03 Å². The molecule has 0 saturated carbocycles. The molecule has 28 heavy (non-hydrogen) atoms. The molecule has 0 atom stereocenters. The molecular formula is C23H24N4O. The topological polar surface area (TPSA) is 59.0 Å². The number of hydrogen-bond donors (Lipinski definition) is 2. The fourth-order valence-electron chi connectivity index (χ4n) is 3.70. The summed E-state index contributed by atoms with van der Waals surface area (Å²) < 4.78 is 2.19. The number of carbonyl (C=O) groups is 1. The number of hydrogen-bond acceptors (Lipinski definition) is 2. The van der Waals surface area contributed by atoms with E-state index in [2.05, 4.69) is 46.4 Å². The van der Waals surface area contributed by atoms with E-state index in [0.717, 1.165) is 28.1 Å². The summed E-state index contributed by atoms with van der Waals surface area (Å²) in [5, 5.41) is 8.20. The fraction of sp³-hybridized carbons (Fsp3) is 0.217. The molecule has 5 nitrogen and oxygen atoms in total. The van der Waals surface area contributed by atoms with Gasteiger partial charge in [-0.25, -0.2) is 9.78 Å². The average molecular weight is 372 g/mol. The first-order valence-electron chi connectivity index (χ1n) is 9.49. The molecule has 0 aliphatic heterocycles. The second-order valence-electron chi connectivity index (χ2n) is 7.19. The lowest BCUT2D eigenvalue weighted by Gasteiger charge is -2.10. The first-order valence-corrected chi connectivity index (χ1v) is 9.49. The van der Waals surface area contributed by atoms with Crippen LogP contribution in [0.1, 0.15) is 16.8 Å². The van der Waals surface area contributed by atoms with Crippen molar-refractivity contribution in [3.63, 3.8) is 0 Å². The first kappa shape index (κ1) is 18.0. The van der Waals surface area contributed by atoms with Crippen molar-refractivity contribution in [3.8, 4) is 0 Å². The van der Waals surface area contributed by atoms with Gasteiger partial charge in [-0.2, -0.15) is 0 Å².